The maximum atomic E-state index is 12.6. The van der Waals surface area contributed by atoms with E-state index >= 15 is 0 Å². The van der Waals surface area contributed by atoms with Crippen LogP contribution in [-0.4, -0.2) is 40.7 Å². The van der Waals surface area contributed by atoms with Crippen molar-refractivity contribution in [3.8, 4) is 0 Å². The molecule has 112 valence electrons. The van der Waals surface area contributed by atoms with Gasteiger partial charge in [0.25, 0.3) is 0 Å². The Labute approximate surface area is 129 Å². The fourth-order valence-corrected chi connectivity index (χ4v) is 3.24. The fraction of sp³-hybridized carbons (Fsp3) is 0.375. The monoisotopic (exact) mass is 304 g/mol. The average molecular weight is 304 g/mol. The Morgan fingerprint density at radius 2 is 2.14 bits per heavy atom. The SMILES string of the molecule is C=CCN(CC=C)C(=O)[C@H]1CCC(=O)N1Cc1cccs1. The van der Waals surface area contributed by atoms with Gasteiger partial charge >= 0.3 is 0 Å². The van der Waals surface area contributed by atoms with E-state index in [1.165, 1.54) is 0 Å². The van der Waals surface area contributed by atoms with Crippen LogP contribution in [0.25, 0.3) is 0 Å². The second kappa shape index (κ2) is 7.22. The first-order valence-corrected chi connectivity index (χ1v) is 7.87. The molecule has 2 heterocycles. The Morgan fingerprint density at radius 1 is 1.43 bits per heavy atom. The average Bonchev–Trinajstić information content (AvgIpc) is 3.10. The van der Waals surface area contributed by atoms with Crippen molar-refractivity contribution < 1.29 is 9.59 Å². The number of hydrogen-bond donors (Lipinski definition) is 0. The molecule has 0 spiro atoms. The van der Waals surface area contributed by atoms with E-state index in [4.69, 9.17) is 0 Å². The standard InChI is InChI=1S/C16H20N2O2S/c1-3-9-17(10-4-2)16(20)14-7-8-15(19)18(14)12-13-6-5-11-21-13/h3-6,11,14H,1-2,7-10,12H2/t14-/m1/s1. The van der Waals surface area contributed by atoms with Crippen LogP contribution >= 0.6 is 11.3 Å². The quantitative estimate of drug-likeness (QED) is 0.726. The third kappa shape index (κ3) is 3.61. The molecule has 1 atom stereocenters. The summed E-state index contributed by atoms with van der Waals surface area (Å²) in [5.41, 5.74) is 0. The van der Waals surface area contributed by atoms with Gasteiger partial charge in [-0.2, -0.15) is 0 Å². The molecule has 1 aromatic heterocycles. The number of rotatable bonds is 7. The summed E-state index contributed by atoms with van der Waals surface area (Å²) >= 11 is 1.60. The van der Waals surface area contributed by atoms with Gasteiger partial charge in [0.05, 0.1) is 6.54 Å². The van der Waals surface area contributed by atoms with Crippen LogP contribution in [0.4, 0.5) is 0 Å². The Hall–Kier alpha value is -1.88. The molecule has 0 aromatic carbocycles. The number of amides is 2. The Morgan fingerprint density at radius 3 is 2.71 bits per heavy atom. The van der Waals surface area contributed by atoms with Crippen LogP contribution in [0.15, 0.2) is 42.8 Å². The van der Waals surface area contributed by atoms with E-state index in [1.807, 2.05) is 17.5 Å². The van der Waals surface area contributed by atoms with E-state index in [1.54, 1.807) is 33.3 Å². The molecule has 1 fully saturated rings. The number of carbonyl (C=O) groups is 2. The molecule has 0 N–H and O–H groups in total. The number of hydrogen-bond acceptors (Lipinski definition) is 3. The molecular formula is C16H20N2O2S. The zero-order chi connectivity index (χ0) is 15.2. The fourth-order valence-electron chi connectivity index (χ4n) is 2.54. The van der Waals surface area contributed by atoms with E-state index in [9.17, 15) is 9.59 Å². The minimum atomic E-state index is -0.362. The van der Waals surface area contributed by atoms with Gasteiger partial charge in [-0.05, 0) is 17.9 Å². The lowest BCUT2D eigenvalue weighted by molar-refractivity contribution is -0.141. The van der Waals surface area contributed by atoms with Gasteiger partial charge in [0.15, 0.2) is 0 Å². The van der Waals surface area contributed by atoms with E-state index in [-0.39, 0.29) is 17.9 Å². The predicted molar refractivity (Wildman–Crippen MR) is 84.9 cm³/mol. The minimum Gasteiger partial charge on any atom is -0.333 e. The van der Waals surface area contributed by atoms with Gasteiger partial charge in [0.1, 0.15) is 6.04 Å². The second-order valence-corrected chi connectivity index (χ2v) is 6.01. The van der Waals surface area contributed by atoms with Crippen molar-refractivity contribution in [2.75, 3.05) is 13.1 Å². The summed E-state index contributed by atoms with van der Waals surface area (Å²) in [5, 5.41) is 1.98. The highest BCUT2D eigenvalue weighted by Crippen LogP contribution is 2.24. The normalized spacial score (nSPS) is 17.8. The van der Waals surface area contributed by atoms with Crippen molar-refractivity contribution >= 4 is 23.2 Å². The third-order valence-electron chi connectivity index (χ3n) is 3.53. The first-order valence-electron chi connectivity index (χ1n) is 6.99. The minimum absolute atomic E-state index is 0.0165. The number of carbonyl (C=O) groups excluding carboxylic acids is 2. The Kier molecular flexibility index (Phi) is 5.33. The van der Waals surface area contributed by atoms with Crippen molar-refractivity contribution in [2.45, 2.75) is 25.4 Å². The molecular weight excluding hydrogens is 284 g/mol. The van der Waals surface area contributed by atoms with Crippen molar-refractivity contribution in [1.82, 2.24) is 9.80 Å². The maximum Gasteiger partial charge on any atom is 0.245 e. The molecule has 1 aliphatic rings. The van der Waals surface area contributed by atoms with Gasteiger partial charge in [0.2, 0.25) is 11.8 Å². The first kappa shape index (κ1) is 15.5. The third-order valence-corrected chi connectivity index (χ3v) is 4.39. The van der Waals surface area contributed by atoms with Crippen molar-refractivity contribution in [1.29, 1.82) is 0 Å². The molecule has 1 saturated heterocycles. The molecule has 1 aromatic rings. The topological polar surface area (TPSA) is 40.6 Å². The summed E-state index contributed by atoms with van der Waals surface area (Å²) in [4.78, 5) is 29.2. The van der Waals surface area contributed by atoms with Gasteiger partial charge in [-0.1, -0.05) is 18.2 Å². The van der Waals surface area contributed by atoms with Crippen molar-refractivity contribution in [2.24, 2.45) is 0 Å². The molecule has 0 radical (unpaired) electrons. The van der Waals surface area contributed by atoms with Gasteiger partial charge in [-0.25, -0.2) is 0 Å². The molecule has 5 heteroatoms. The lowest BCUT2D eigenvalue weighted by Gasteiger charge is -2.29. The molecule has 2 rings (SSSR count). The summed E-state index contributed by atoms with van der Waals surface area (Å²) in [6.45, 7) is 8.82. The van der Waals surface area contributed by atoms with Crippen LogP contribution in [0.5, 0.6) is 0 Å². The van der Waals surface area contributed by atoms with Gasteiger partial charge in [-0.15, -0.1) is 24.5 Å². The van der Waals surface area contributed by atoms with Crippen LogP contribution in [0.2, 0.25) is 0 Å². The zero-order valence-corrected chi connectivity index (χ0v) is 12.8. The lowest BCUT2D eigenvalue weighted by atomic mass is 10.2. The molecule has 4 nitrogen and oxygen atoms in total. The molecule has 0 unspecified atom stereocenters. The van der Waals surface area contributed by atoms with Crippen molar-refractivity contribution in [3.63, 3.8) is 0 Å². The van der Waals surface area contributed by atoms with Crippen LogP contribution in [0, 0.1) is 0 Å². The Balaban J connectivity index is 2.11. The van der Waals surface area contributed by atoms with Gasteiger partial charge < -0.3 is 9.80 Å². The maximum absolute atomic E-state index is 12.6. The van der Waals surface area contributed by atoms with Crippen LogP contribution in [0.3, 0.4) is 0 Å². The van der Waals surface area contributed by atoms with E-state index in [2.05, 4.69) is 13.2 Å². The summed E-state index contributed by atoms with van der Waals surface area (Å²) in [5.74, 6) is 0.0381. The smallest absolute Gasteiger partial charge is 0.245 e. The summed E-state index contributed by atoms with van der Waals surface area (Å²) in [7, 11) is 0. The molecule has 21 heavy (non-hydrogen) atoms. The zero-order valence-electron chi connectivity index (χ0n) is 12.0. The highest BCUT2D eigenvalue weighted by Gasteiger charge is 2.37. The van der Waals surface area contributed by atoms with E-state index < -0.39 is 0 Å². The highest BCUT2D eigenvalue weighted by molar-refractivity contribution is 7.09. The van der Waals surface area contributed by atoms with E-state index in [0.717, 1.165) is 4.88 Å². The molecule has 0 aliphatic carbocycles. The first-order chi connectivity index (χ1) is 10.2. The number of likely N-dealkylation sites (tertiary alicyclic amines) is 1. The Bertz CT molecular complexity index is 514. The van der Waals surface area contributed by atoms with Gasteiger partial charge in [-0.3, -0.25) is 9.59 Å². The molecule has 1 aliphatic heterocycles. The largest absolute Gasteiger partial charge is 0.333 e. The highest BCUT2D eigenvalue weighted by atomic mass is 32.1. The van der Waals surface area contributed by atoms with Gasteiger partial charge in [0, 0.05) is 24.4 Å². The number of thiophene rings is 1. The van der Waals surface area contributed by atoms with Crippen molar-refractivity contribution in [3.05, 3.63) is 47.7 Å². The van der Waals surface area contributed by atoms with Crippen LogP contribution < -0.4 is 0 Å². The van der Waals surface area contributed by atoms with Crippen LogP contribution in [0.1, 0.15) is 17.7 Å². The summed E-state index contributed by atoms with van der Waals surface area (Å²) in [6.07, 6.45) is 4.43. The predicted octanol–water partition coefficient (Wildman–Crippen LogP) is 2.44. The summed E-state index contributed by atoms with van der Waals surface area (Å²) < 4.78 is 0. The molecule has 0 saturated carbocycles. The number of nitrogens with zero attached hydrogens (tertiary/aromatic N) is 2. The molecule has 0 bridgehead atoms. The van der Waals surface area contributed by atoms with Crippen LogP contribution in [-0.2, 0) is 16.1 Å². The summed E-state index contributed by atoms with van der Waals surface area (Å²) in [6, 6.07) is 3.59. The lowest BCUT2D eigenvalue weighted by Crippen LogP contribution is -2.46. The second-order valence-electron chi connectivity index (χ2n) is 4.98. The van der Waals surface area contributed by atoms with E-state index in [0.29, 0.717) is 32.5 Å². The molecule has 2 amide bonds.